The molecule has 0 aliphatic heterocycles. The molecule has 22 heavy (non-hydrogen) atoms. The van der Waals surface area contributed by atoms with Crippen LogP contribution in [0.1, 0.15) is 41.0 Å². The summed E-state index contributed by atoms with van der Waals surface area (Å²) in [6.07, 6.45) is -8.83. The molecular formula is C15H21BF6. The highest BCUT2D eigenvalue weighted by Gasteiger charge is 2.58. The third-order valence-electron chi connectivity index (χ3n) is 4.41. The molecule has 0 heterocycles. The van der Waals surface area contributed by atoms with E-state index in [4.69, 9.17) is 0 Å². The zero-order chi connectivity index (χ0) is 17.7. The molecule has 126 valence electrons. The zero-order valence-electron chi connectivity index (χ0n) is 13.6. The van der Waals surface area contributed by atoms with E-state index in [1.54, 1.807) is 21.7 Å². The molecule has 0 saturated heterocycles. The van der Waals surface area contributed by atoms with Crippen molar-refractivity contribution in [3.8, 4) is 0 Å². The molecule has 0 aromatic rings. The van der Waals surface area contributed by atoms with Gasteiger partial charge in [0.2, 0.25) is 0 Å². The molecule has 0 bridgehead atoms. The third kappa shape index (κ3) is 3.09. The molecule has 1 rings (SSSR count). The zero-order valence-corrected chi connectivity index (χ0v) is 13.6. The van der Waals surface area contributed by atoms with Crippen LogP contribution in [0.3, 0.4) is 0 Å². The second kappa shape index (κ2) is 5.34. The van der Waals surface area contributed by atoms with Gasteiger partial charge in [-0.3, -0.25) is 0 Å². The first-order valence-corrected chi connectivity index (χ1v) is 7.18. The van der Waals surface area contributed by atoms with Gasteiger partial charge in [-0.15, -0.1) is 0 Å². The van der Waals surface area contributed by atoms with E-state index in [9.17, 15) is 26.3 Å². The minimum atomic E-state index is -4.78. The van der Waals surface area contributed by atoms with Gasteiger partial charge in [-0.25, -0.2) is 0 Å². The van der Waals surface area contributed by atoms with E-state index in [1.807, 2.05) is 0 Å². The number of hydrogen-bond donors (Lipinski definition) is 0. The van der Waals surface area contributed by atoms with Crippen LogP contribution in [0, 0.1) is 11.3 Å². The summed E-state index contributed by atoms with van der Waals surface area (Å²) in [5.74, 6) is -1.08. The summed E-state index contributed by atoms with van der Waals surface area (Å²) in [4.78, 5) is 0. The van der Waals surface area contributed by atoms with Crippen molar-refractivity contribution in [3.05, 3.63) is 22.8 Å². The molecule has 0 aromatic heterocycles. The van der Waals surface area contributed by atoms with Gasteiger partial charge in [-0.1, -0.05) is 39.3 Å². The second-order valence-electron chi connectivity index (χ2n) is 7.02. The number of alkyl halides is 6. The first-order chi connectivity index (χ1) is 9.57. The minimum Gasteiger partial charge on any atom is -0.170 e. The number of hydrogen-bond acceptors (Lipinski definition) is 0. The van der Waals surface area contributed by atoms with Gasteiger partial charge in [0, 0.05) is 11.5 Å². The smallest absolute Gasteiger partial charge is 0.170 e. The first-order valence-electron chi connectivity index (χ1n) is 7.18. The van der Waals surface area contributed by atoms with Crippen molar-refractivity contribution < 1.29 is 26.3 Å². The summed E-state index contributed by atoms with van der Waals surface area (Å²) in [6.45, 7) is 6.79. The Balaban J connectivity index is 3.79. The Kier molecular flexibility index (Phi) is 4.65. The van der Waals surface area contributed by atoms with E-state index in [0.29, 0.717) is 0 Å². The van der Waals surface area contributed by atoms with Gasteiger partial charge >= 0.3 is 12.4 Å². The molecule has 0 radical (unpaired) electrons. The highest BCUT2D eigenvalue weighted by Crippen LogP contribution is 2.58. The fourth-order valence-electron chi connectivity index (χ4n) is 3.31. The summed E-state index contributed by atoms with van der Waals surface area (Å²) < 4.78 is 81.1. The van der Waals surface area contributed by atoms with Crippen LogP contribution in [-0.2, 0) is 0 Å². The third-order valence-corrected chi connectivity index (χ3v) is 4.41. The molecule has 2 unspecified atom stereocenters. The summed E-state index contributed by atoms with van der Waals surface area (Å²) in [7, 11) is 1.64. The average molecular weight is 326 g/mol. The molecule has 1 aliphatic carbocycles. The fourth-order valence-corrected chi connectivity index (χ4v) is 3.31. The number of allylic oxidation sites excluding steroid dienone is 4. The second-order valence-corrected chi connectivity index (χ2v) is 7.02. The molecule has 0 amide bonds. The fraction of sp³-hybridized carbons (Fsp3) is 0.733. The summed E-state index contributed by atoms with van der Waals surface area (Å²) in [6, 6.07) is 0. The van der Waals surface area contributed by atoms with Crippen molar-refractivity contribution in [2.24, 2.45) is 11.3 Å². The quantitative estimate of drug-likeness (QED) is 0.370. The lowest BCUT2D eigenvalue weighted by molar-refractivity contribution is -0.191. The molecule has 0 nitrogen and oxygen atoms in total. The van der Waals surface area contributed by atoms with Crippen LogP contribution in [0.5, 0.6) is 0 Å². The van der Waals surface area contributed by atoms with Crippen molar-refractivity contribution in [1.29, 1.82) is 0 Å². The predicted molar refractivity (Wildman–Crippen MR) is 77.4 cm³/mol. The summed E-state index contributed by atoms with van der Waals surface area (Å²) in [5, 5.41) is -0.776. The van der Waals surface area contributed by atoms with Gasteiger partial charge in [-0.2, -0.15) is 26.3 Å². The Morgan fingerprint density at radius 3 is 1.86 bits per heavy atom. The van der Waals surface area contributed by atoms with E-state index in [0.717, 1.165) is 13.0 Å². The van der Waals surface area contributed by atoms with Gasteiger partial charge < -0.3 is 0 Å². The van der Waals surface area contributed by atoms with Crippen molar-refractivity contribution in [3.63, 3.8) is 0 Å². The maximum Gasteiger partial charge on any atom is 0.413 e. The van der Waals surface area contributed by atoms with Gasteiger partial charge in [0.15, 0.2) is 0 Å². The Hall–Kier alpha value is -0.875. The van der Waals surface area contributed by atoms with Crippen LogP contribution in [0.2, 0.25) is 5.31 Å². The van der Waals surface area contributed by atoms with E-state index in [-0.39, 0.29) is 12.0 Å². The molecule has 1 aliphatic rings. The Labute approximate surface area is 128 Å². The summed E-state index contributed by atoms with van der Waals surface area (Å²) in [5.41, 5.74) is -4.02. The van der Waals surface area contributed by atoms with Crippen molar-refractivity contribution in [1.82, 2.24) is 0 Å². The number of halogens is 6. The Morgan fingerprint density at radius 1 is 1.14 bits per heavy atom. The van der Waals surface area contributed by atoms with Crippen molar-refractivity contribution >= 4 is 7.85 Å². The minimum absolute atomic E-state index is 0.178. The molecule has 0 spiro atoms. The van der Waals surface area contributed by atoms with Crippen molar-refractivity contribution in [2.75, 3.05) is 0 Å². The Morgan fingerprint density at radius 2 is 1.59 bits per heavy atom. The van der Waals surface area contributed by atoms with Crippen molar-refractivity contribution in [2.45, 2.75) is 58.7 Å². The van der Waals surface area contributed by atoms with Crippen LogP contribution in [-0.4, -0.2) is 20.2 Å². The highest BCUT2D eigenvalue weighted by molar-refractivity contribution is 6.16. The molecule has 0 fully saturated rings. The van der Waals surface area contributed by atoms with Gasteiger partial charge in [0.1, 0.15) is 13.3 Å². The van der Waals surface area contributed by atoms with E-state index in [1.165, 1.54) is 13.8 Å². The molecule has 0 N–H and O–H groups in total. The molecular weight excluding hydrogens is 305 g/mol. The monoisotopic (exact) mass is 326 g/mol. The summed E-state index contributed by atoms with van der Waals surface area (Å²) >= 11 is 0. The standard InChI is InChI=1S/C15H21BF6/c1-6-9-11(14(17,18)19)8(2)10(12(3,4)16)7-13(9,5)15(20,21)22/h7-8H,6,16H2,1-5H3. The molecule has 2 atom stereocenters. The topological polar surface area (TPSA) is 0 Å². The normalized spacial score (nSPS) is 28.0. The highest BCUT2D eigenvalue weighted by atomic mass is 19.4. The van der Waals surface area contributed by atoms with E-state index < -0.39 is 40.1 Å². The lowest BCUT2D eigenvalue weighted by Crippen LogP contribution is -2.42. The molecule has 0 saturated carbocycles. The van der Waals surface area contributed by atoms with Gasteiger partial charge in [0.05, 0.1) is 0 Å². The Bertz CT molecular complexity index is 504. The van der Waals surface area contributed by atoms with Crippen LogP contribution in [0.15, 0.2) is 22.8 Å². The van der Waals surface area contributed by atoms with Crippen LogP contribution in [0.25, 0.3) is 0 Å². The van der Waals surface area contributed by atoms with Crippen LogP contribution >= 0.6 is 0 Å². The number of rotatable bonds is 2. The SMILES string of the molecule is BC(C)(C)C1=CC(C)(C(F)(F)F)C(CC)=C(C(F)(F)F)C1C. The van der Waals surface area contributed by atoms with Gasteiger partial charge in [-0.05, 0) is 24.2 Å². The van der Waals surface area contributed by atoms with Crippen LogP contribution in [0.4, 0.5) is 26.3 Å². The lowest BCUT2D eigenvalue weighted by Gasteiger charge is -2.44. The van der Waals surface area contributed by atoms with E-state index >= 15 is 0 Å². The average Bonchev–Trinajstić information content (AvgIpc) is 2.26. The largest absolute Gasteiger partial charge is 0.413 e. The first kappa shape index (κ1) is 19.2. The predicted octanol–water partition coefficient (Wildman–Crippen LogP) is 5.23. The van der Waals surface area contributed by atoms with E-state index in [2.05, 4.69) is 0 Å². The molecule has 7 heteroatoms. The maximum absolute atomic E-state index is 13.6. The lowest BCUT2D eigenvalue weighted by atomic mass is 9.57. The van der Waals surface area contributed by atoms with Crippen LogP contribution < -0.4 is 0 Å². The molecule has 0 aromatic carbocycles. The maximum atomic E-state index is 13.6. The van der Waals surface area contributed by atoms with Gasteiger partial charge in [0.25, 0.3) is 0 Å².